The van der Waals surface area contributed by atoms with Crippen LogP contribution in [0, 0.1) is 0 Å². The van der Waals surface area contributed by atoms with Gasteiger partial charge >= 0.3 is 0 Å². The minimum atomic E-state index is 0.400. The van der Waals surface area contributed by atoms with E-state index in [0.29, 0.717) is 6.04 Å². The molecule has 108 valence electrons. The molecule has 1 N–H and O–H groups in total. The van der Waals surface area contributed by atoms with Crippen molar-refractivity contribution in [2.75, 3.05) is 6.54 Å². The van der Waals surface area contributed by atoms with Crippen molar-refractivity contribution in [2.24, 2.45) is 0 Å². The van der Waals surface area contributed by atoms with Gasteiger partial charge in [0.05, 0.1) is 5.75 Å². The average molecular weight is 371 g/mol. The second kappa shape index (κ2) is 8.17. The van der Waals surface area contributed by atoms with Gasteiger partial charge in [-0.2, -0.15) is 0 Å². The molecule has 2 aromatic rings. The Kier molecular flexibility index (Phi) is 6.55. The second-order valence-electron chi connectivity index (χ2n) is 4.58. The van der Waals surface area contributed by atoms with E-state index in [9.17, 15) is 0 Å². The minimum absolute atomic E-state index is 0.400. The van der Waals surface area contributed by atoms with Gasteiger partial charge in [-0.1, -0.05) is 28.9 Å². The number of rotatable bonds is 7. The quantitative estimate of drug-likeness (QED) is 0.672. The summed E-state index contributed by atoms with van der Waals surface area (Å²) < 4.78 is 1.12. The standard InChI is InChI=1S/C15H19BrN2S2/c1-3-7-17-11(2)14-9-18-15(20-14)10-19-13-6-4-5-12(16)8-13/h4-6,8-9,11,17H,3,7,10H2,1-2H3. The van der Waals surface area contributed by atoms with Crippen LogP contribution in [0.2, 0.25) is 0 Å². The molecule has 0 saturated carbocycles. The molecule has 1 unspecified atom stereocenters. The van der Waals surface area contributed by atoms with Crippen molar-refractivity contribution in [3.63, 3.8) is 0 Å². The fraction of sp³-hybridized carbons (Fsp3) is 0.400. The van der Waals surface area contributed by atoms with E-state index in [2.05, 4.69) is 58.3 Å². The fourth-order valence-electron chi connectivity index (χ4n) is 1.75. The first-order valence-corrected chi connectivity index (χ1v) is 9.35. The van der Waals surface area contributed by atoms with Crippen molar-refractivity contribution in [3.8, 4) is 0 Å². The molecule has 5 heteroatoms. The molecule has 1 aromatic carbocycles. The van der Waals surface area contributed by atoms with Crippen LogP contribution in [0.5, 0.6) is 0 Å². The number of hydrogen-bond acceptors (Lipinski definition) is 4. The summed E-state index contributed by atoms with van der Waals surface area (Å²) in [5.41, 5.74) is 0. The first-order valence-electron chi connectivity index (χ1n) is 6.75. The molecule has 0 aliphatic carbocycles. The van der Waals surface area contributed by atoms with Crippen molar-refractivity contribution >= 4 is 39.0 Å². The number of nitrogens with zero attached hydrogens (tertiary/aromatic N) is 1. The van der Waals surface area contributed by atoms with Crippen LogP contribution in [0.1, 0.15) is 36.2 Å². The van der Waals surface area contributed by atoms with Gasteiger partial charge in [-0.3, -0.25) is 0 Å². The van der Waals surface area contributed by atoms with Crippen molar-refractivity contribution in [1.29, 1.82) is 0 Å². The first-order chi connectivity index (χ1) is 9.69. The monoisotopic (exact) mass is 370 g/mol. The third-order valence-corrected chi connectivity index (χ3v) is 5.72. The lowest BCUT2D eigenvalue weighted by Gasteiger charge is -2.09. The Labute approximate surface area is 137 Å². The lowest BCUT2D eigenvalue weighted by Crippen LogP contribution is -2.18. The van der Waals surface area contributed by atoms with Crippen molar-refractivity contribution in [3.05, 3.63) is 44.8 Å². The second-order valence-corrected chi connectivity index (χ2v) is 7.69. The van der Waals surface area contributed by atoms with E-state index in [1.807, 2.05) is 35.4 Å². The maximum absolute atomic E-state index is 4.53. The molecule has 0 saturated heterocycles. The zero-order valence-electron chi connectivity index (χ0n) is 11.7. The highest BCUT2D eigenvalue weighted by Gasteiger charge is 2.09. The summed E-state index contributed by atoms with van der Waals surface area (Å²) in [5, 5.41) is 4.69. The van der Waals surface area contributed by atoms with Gasteiger partial charge in [0.2, 0.25) is 0 Å². The number of aromatic nitrogens is 1. The van der Waals surface area contributed by atoms with E-state index in [1.54, 1.807) is 0 Å². The van der Waals surface area contributed by atoms with Crippen molar-refractivity contribution in [1.82, 2.24) is 10.3 Å². The van der Waals surface area contributed by atoms with Gasteiger partial charge in [0.15, 0.2) is 0 Å². The van der Waals surface area contributed by atoms with Gasteiger partial charge in [-0.25, -0.2) is 4.98 Å². The van der Waals surface area contributed by atoms with E-state index in [-0.39, 0.29) is 0 Å². The molecule has 0 bridgehead atoms. The molecule has 0 aliphatic heterocycles. The minimum Gasteiger partial charge on any atom is -0.309 e. The molecular formula is C15H19BrN2S2. The summed E-state index contributed by atoms with van der Waals surface area (Å²) in [6, 6.07) is 8.79. The summed E-state index contributed by atoms with van der Waals surface area (Å²) >= 11 is 7.14. The maximum Gasteiger partial charge on any atom is 0.103 e. The number of benzene rings is 1. The van der Waals surface area contributed by atoms with Crippen molar-refractivity contribution in [2.45, 2.75) is 37.0 Å². The van der Waals surface area contributed by atoms with Crippen LogP contribution in [0.3, 0.4) is 0 Å². The highest BCUT2D eigenvalue weighted by Crippen LogP contribution is 2.28. The predicted octanol–water partition coefficient (Wildman–Crippen LogP) is 5.26. The summed E-state index contributed by atoms with van der Waals surface area (Å²) in [6.07, 6.45) is 3.17. The molecule has 0 spiro atoms. The lowest BCUT2D eigenvalue weighted by atomic mass is 10.3. The molecule has 0 aliphatic rings. The van der Waals surface area contributed by atoms with Crippen LogP contribution in [-0.4, -0.2) is 11.5 Å². The number of thiazole rings is 1. The fourth-order valence-corrected chi connectivity index (χ4v) is 4.21. The Bertz CT molecular complexity index is 542. The average Bonchev–Trinajstić information content (AvgIpc) is 2.91. The predicted molar refractivity (Wildman–Crippen MR) is 92.5 cm³/mol. The molecule has 0 amide bonds. The number of hydrogen-bond donors (Lipinski definition) is 1. The molecule has 1 atom stereocenters. The third kappa shape index (κ3) is 4.88. The van der Waals surface area contributed by atoms with E-state index in [0.717, 1.165) is 23.2 Å². The van der Waals surface area contributed by atoms with Crippen LogP contribution >= 0.6 is 39.0 Å². The van der Waals surface area contributed by atoms with E-state index in [1.165, 1.54) is 14.8 Å². The van der Waals surface area contributed by atoms with Crippen LogP contribution in [0.4, 0.5) is 0 Å². The van der Waals surface area contributed by atoms with Crippen LogP contribution in [-0.2, 0) is 5.75 Å². The Morgan fingerprint density at radius 3 is 3.05 bits per heavy atom. The molecular weight excluding hydrogens is 352 g/mol. The van der Waals surface area contributed by atoms with Gasteiger partial charge in [-0.15, -0.1) is 23.1 Å². The molecule has 20 heavy (non-hydrogen) atoms. The molecule has 2 nitrogen and oxygen atoms in total. The Morgan fingerprint density at radius 1 is 1.45 bits per heavy atom. The summed E-state index contributed by atoms with van der Waals surface area (Å²) in [5.74, 6) is 0.932. The van der Waals surface area contributed by atoms with E-state index in [4.69, 9.17) is 0 Å². The van der Waals surface area contributed by atoms with Gasteiger partial charge in [0.25, 0.3) is 0 Å². The Morgan fingerprint density at radius 2 is 2.30 bits per heavy atom. The van der Waals surface area contributed by atoms with Gasteiger partial charge < -0.3 is 5.32 Å². The topological polar surface area (TPSA) is 24.9 Å². The van der Waals surface area contributed by atoms with Gasteiger partial charge in [-0.05, 0) is 38.1 Å². The zero-order valence-corrected chi connectivity index (χ0v) is 14.9. The highest BCUT2D eigenvalue weighted by atomic mass is 79.9. The van der Waals surface area contributed by atoms with Crippen LogP contribution in [0.25, 0.3) is 0 Å². The Balaban J connectivity index is 1.89. The first kappa shape index (κ1) is 16.0. The van der Waals surface area contributed by atoms with Gasteiger partial charge in [0, 0.05) is 26.5 Å². The molecule has 1 heterocycles. The lowest BCUT2D eigenvalue weighted by molar-refractivity contribution is 0.577. The molecule has 0 radical (unpaired) electrons. The number of halogens is 1. The van der Waals surface area contributed by atoms with Crippen LogP contribution < -0.4 is 5.32 Å². The normalized spacial score (nSPS) is 12.6. The highest BCUT2D eigenvalue weighted by molar-refractivity contribution is 9.10. The molecule has 0 fully saturated rings. The van der Waals surface area contributed by atoms with Crippen LogP contribution in [0.15, 0.2) is 39.8 Å². The van der Waals surface area contributed by atoms with E-state index >= 15 is 0 Å². The van der Waals surface area contributed by atoms with E-state index < -0.39 is 0 Å². The SMILES string of the molecule is CCCNC(C)c1cnc(CSc2cccc(Br)c2)s1. The third-order valence-electron chi connectivity index (χ3n) is 2.86. The summed E-state index contributed by atoms with van der Waals surface area (Å²) in [4.78, 5) is 7.12. The summed E-state index contributed by atoms with van der Waals surface area (Å²) in [6.45, 7) is 5.45. The van der Waals surface area contributed by atoms with Gasteiger partial charge in [0.1, 0.15) is 5.01 Å². The molecule has 2 rings (SSSR count). The smallest absolute Gasteiger partial charge is 0.103 e. The maximum atomic E-state index is 4.53. The van der Waals surface area contributed by atoms with Crippen molar-refractivity contribution < 1.29 is 0 Å². The molecule has 1 aromatic heterocycles. The zero-order chi connectivity index (χ0) is 14.4. The summed E-state index contributed by atoms with van der Waals surface area (Å²) in [7, 11) is 0. The Hall–Kier alpha value is -0.360. The number of thioether (sulfide) groups is 1. The number of nitrogens with one attached hydrogen (secondary N) is 1. The largest absolute Gasteiger partial charge is 0.309 e.